The van der Waals surface area contributed by atoms with Gasteiger partial charge in [0.15, 0.2) is 4.80 Å². The topological polar surface area (TPSA) is 52.8 Å². The largest absolute Gasteiger partial charge is 0.497 e. The molecule has 0 unspecified atom stereocenters. The molecule has 2 aromatic carbocycles. The number of hydrogen-bond acceptors (Lipinski definition) is 4. The Balaban J connectivity index is 2.00. The van der Waals surface area contributed by atoms with Gasteiger partial charge >= 0.3 is 0 Å². The Labute approximate surface area is 162 Å². The van der Waals surface area contributed by atoms with E-state index in [9.17, 15) is 4.79 Å². The molecule has 27 heavy (non-hydrogen) atoms. The molecule has 142 valence electrons. The van der Waals surface area contributed by atoms with Gasteiger partial charge in [0.2, 0.25) is 0 Å². The van der Waals surface area contributed by atoms with Crippen LogP contribution in [0.3, 0.4) is 0 Å². The molecule has 5 nitrogen and oxygen atoms in total. The summed E-state index contributed by atoms with van der Waals surface area (Å²) in [6, 6.07) is 9.76. The average Bonchev–Trinajstić information content (AvgIpc) is 2.99. The summed E-state index contributed by atoms with van der Waals surface area (Å²) in [6.07, 6.45) is 0.184. The summed E-state index contributed by atoms with van der Waals surface area (Å²) in [5.74, 6) is 1.13. The molecule has 1 heterocycles. The molecule has 0 bridgehead atoms. The lowest BCUT2D eigenvalue weighted by molar-refractivity contribution is -0.117. The lowest BCUT2D eigenvalue weighted by Crippen LogP contribution is -2.16. The molecule has 0 spiro atoms. The van der Waals surface area contributed by atoms with E-state index < -0.39 is 0 Å². The van der Waals surface area contributed by atoms with E-state index in [0.29, 0.717) is 11.5 Å². The van der Waals surface area contributed by atoms with Crippen molar-refractivity contribution in [2.75, 3.05) is 14.2 Å². The van der Waals surface area contributed by atoms with Crippen LogP contribution in [0.25, 0.3) is 10.2 Å². The highest BCUT2D eigenvalue weighted by atomic mass is 32.1. The van der Waals surface area contributed by atoms with Crippen molar-refractivity contribution in [1.29, 1.82) is 0 Å². The monoisotopic (exact) mass is 384 g/mol. The second-order valence-electron chi connectivity index (χ2n) is 6.42. The molecule has 0 fully saturated rings. The maximum atomic E-state index is 12.6. The van der Waals surface area contributed by atoms with Crippen LogP contribution in [0, 0.1) is 13.8 Å². The lowest BCUT2D eigenvalue weighted by Gasteiger charge is -2.08. The minimum atomic E-state index is -0.193. The highest BCUT2D eigenvalue weighted by molar-refractivity contribution is 7.16. The maximum absolute atomic E-state index is 12.6. The van der Waals surface area contributed by atoms with Crippen LogP contribution in [0.1, 0.15) is 23.6 Å². The van der Waals surface area contributed by atoms with Crippen molar-refractivity contribution in [2.24, 2.45) is 4.99 Å². The minimum Gasteiger partial charge on any atom is -0.497 e. The zero-order valence-corrected chi connectivity index (χ0v) is 17.1. The van der Waals surface area contributed by atoms with Crippen LogP contribution in [0.5, 0.6) is 11.5 Å². The van der Waals surface area contributed by atoms with Gasteiger partial charge in [-0.3, -0.25) is 4.79 Å². The molecule has 0 aliphatic heterocycles. The van der Waals surface area contributed by atoms with E-state index in [4.69, 9.17) is 9.47 Å². The van der Waals surface area contributed by atoms with Crippen LogP contribution in [-0.2, 0) is 17.8 Å². The normalized spacial score (nSPS) is 11.8. The summed E-state index contributed by atoms with van der Waals surface area (Å²) in [6.45, 7) is 7.02. The number of rotatable bonds is 5. The van der Waals surface area contributed by atoms with E-state index in [2.05, 4.69) is 42.5 Å². The standard InChI is InChI=1S/C21H24N2O3S/c1-6-23-17-10-13(2)9-14(3)20(17)27-21(23)22-19(24)11-15-7-8-16(25-4)12-18(15)26-5/h7-10,12H,6,11H2,1-5H3. The van der Waals surface area contributed by atoms with Gasteiger partial charge in [0, 0.05) is 18.2 Å². The van der Waals surface area contributed by atoms with Crippen LogP contribution in [0.4, 0.5) is 0 Å². The number of aryl methyl sites for hydroxylation is 3. The van der Waals surface area contributed by atoms with E-state index in [1.807, 2.05) is 12.1 Å². The summed E-state index contributed by atoms with van der Waals surface area (Å²) in [4.78, 5) is 17.8. The Bertz CT molecular complexity index is 1060. The van der Waals surface area contributed by atoms with Crippen molar-refractivity contribution < 1.29 is 14.3 Å². The van der Waals surface area contributed by atoms with Crippen molar-refractivity contribution in [3.63, 3.8) is 0 Å². The summed E-state index contributed by atoms with van der Waals surface area (Å²) in [5, 5.41) is 0. The Morgan fingerprint density at radius 1 is 1.15 bits per heavy atom. The number of benzene rings is 2. The van der Waals surface area contributed by atoms with Crippen LogP contribution in [0.15, 0.2) is 35.3 Å². The molecule has 0 saturated carbocycles. The molecular weight excluding hydrogens is 360 g/mol. The van der Waals surface area contributed by atoms with Gasteiger partial charge in [-0.1, -0.05) is 23.5 Å². The Hall–Kier alpha value is -2.60. The number of amides is 1. The molecule has 0 aliphatic rings. The van der Waals surface area contributed by atoms with Gasteiger partial charge in [0.25, 0.3) is 5.91 Å². The Kier molecular flexibility index (Phi) is 5.65. The van der Waals surface area contributed by atoms with E-state index >= 15 is 0 Å². The van der Waals surface area contributed by atoms with Crippen LogP contribution in [0.2, 0.25) is 0 Å². The molecule has 3 rings (SSSR count). The highest BCUT2D eigenvalue weighted by Gasteiger charge is 2.12. The van der Waals surface area contributed by atoms with Crippen molar-refractivity contribution >= 4 is 27.5 Å². The summed E-state index contributed by atoms with van der Waals surface area (Å²) < 4.78 is 13.9. The smallest absolute Gasteiger partial charge is 0.252 e. The molecule has 0 saturated heterocycles. The first-order valence-corrected chi connectivity index (χ1v) is 9.67. The van der Waals surface area contributed by atoms with Crippen molar-refractivity contribution in [2.45, 2.75) is 33.7 Å². The number of aromatic nitrogens is 1. The predicted octanol–water partition coefficient (Wildman–Crippen LogP) is 4.03. The van der Waals surface area contributed by atoms with E-state index in [1.54, 1.807) is 31.6 Å². The lowest BCUT2D eigenvalue weighted by atomic mass is 10.1. The number of fused-ring (bicyclic) bond motifs is 1. The van der Waals surface area contributed by atoms with Gasteiger partial charge in [-0.05, 0) is 44.0 Å². The van der Waals surface area contributed by atoms with Crippen molar-refractivity contribution in [3.05, 3.63) is 51.8 Å². The molecule has 1 amide bonds. The molecule has 0 radical (unpaired) electrons. The number of ether oxygens (including phenoxy) is 2. The highest BCUT2D eigenvalue weighted by Crippen LogP contribution is 2.26. The van der Waals surface area contributed by atoms with Crippen LogP contribution in [-0.4, -0.2) is 24.7 Å². The maximum Gasteiger partial charge on any atom is 0.252 e. The molecule has 0 aliphatic carbocycles. The second kappa shape index (κ2) is 7.96. The third kappa shape index (κ3) is 3.90. The van der Waals surface area contributed by atoms with Crippen molar-refractivity contribution in [1.82, 2.24) is 4.57 Å². The number of carbonyl (C=O) groups excluding carboxylic acids is 1. The summed E-state index contributed by atoms with van der Waals surface area (Å²) >= 11 is 1.56. The average molecular weight is 385 g/mol. The fourth-order valence-corrected chi connectivity index (χ4v) is 4.37. The number of thiazole rings is 1. The number of nitrogens with zero attached hydrogens (tertiary/aromatic N) is 2. The molecule has 1 aromatic heterocycles. The molecule has 0 atom stereocenters. The van der Waals surface area contributed by atoms with Crippen LogP contribution < -0.4 is 14.3 Å². The van der Waals surface area contributed by atoms with Gasteiger partial charge in [0.05, 0.1) is 30.9 Å². The fraction of sp³-hybridized carbons (Fsp3) is 0.333. The quantitative estimate of drug-likeness (QED) is 0.667. The molecule has 0 N–H and O–H groups in total. The van der Waals surface area contributed by atoms with Gasteiger partial charge in [-0.25, -0.2) is 0 Å². The SMILES string of the molecule is CCn1c(=NC(=O)Cc2ccc(OC)cc2OC)sc2c(C)cc(C)cc21. The zero-order valence-electron chi connectivity index (χ0n) is 16.3. The Morgan fingerprint density at radius 3 is 2.59 bits per heavy atom. The molecule has 6 heteroatoms. The fourth-order valence-electron chi connectivity index (χ4n) is 3.21. The van der Waals surface area contributed by atoms with Gasteiger partial charge in [-0.15, -0.1) is 0 Å². The summed E-state index contributed by atoms with van der Waals surface area (Å²) in [5.41, 5.74) is 4.35. The number of methoxy groups -OCH3 is 2. The second-order valence-corrected chi connectivity index (χ2v) is 7.40. The van der Waals surface area contributed by atoms with E-state index in [0.717, 1.165) is 22.4 Å². The van der Waals surface area contributed by atoms with Crippen molar-refractivity contribution in [3.8, 4) is 11.5 Å². The number of hydrogen-bond donors (Lipinski definition) is 0. The van der Waals surface area contributed by atoms with Crippen LogP contribution >= 0.6 is 11.3 Å². The Morgan fingerprint density at radius 2 is 1.93 bits per heavy atom. The van der Waals surface area contributed by atoms with Gasteiger partial charge in [0.1, 0.15) is 11.5 Å². The third-order valence-electron chi connectivity index (χ3n) is 4.49. The molecular formula is C21H24N2O3S. The first-order valence-electron chi connectivity index (χ1n) is 8.85. The first kappa shape index (κ1) is 19.2. The summed E-state index contributed by atoms with van der Waals surface area (Å²) in [7, 11) is 3.19. The van der Waals surface area contributed by atoms with Gasteiger partial charge in [-0.2, -0.15) is 4.99 Å². The molecule has 3 aromatic rings. The third-order valence-corrected chi connectivity index (χ3v) is 5.72. The predicted molar refractivity (Wildman–Crippen MR) is 109 cm³/mol. The zero-order chi connectivity index (χ0) is 19.6. The minimum absolute atomic E-state index is 0.184. The number of carbonyl (C=O) groups is 1. The first-order chi connectivity index (χ1) is 13.0. The van der Waals surface area contributed by atoms with E-state index in [1.165, 1.54) is 15.8 Å². The van der Waals surface area contributed by atoms with E-state index in [-0.39, 0.29) is 12.3 Å². The van der Waals surface area contributed by atoms with Gasteiger partial charge < -0.3 is 14.0 Å².